The predicted octanol–water partition coefficient (Wildman–Crippen LogP) is 5.54. The Bertz CT molecular complexity index is 1320. The molecule has 0 aliphatic carbocycles. The number of piperidine rings is 1. The summed E-state index contributed by atoms with van der Waals surface area (Å²) in [5, 5.41) is 6.70. The highest BCUT2D eigenvalue weighted by Gasteiger charge is 2.42. The Kier molecular flexibility index (Phi) is 7.19. The fourth-order valence-corrected chi connectivity index (χ4v) is 5.60. The van der Waals surface area contributed by atoms with Crippen LogP contribution in [0, 0.1) is 5.82 Å². The lowest BCUT2D eigenvalue weighted by Crippen LogP contribution is -2.49. The maximum Gasteiger partial charge on any atom is 0.247 e. The van der Waals surface area contributed by atoms with E-state index in [-0.39, 0.29) is 35.8 Å². The monoisotopic (exact) mass is 519 g/mol. The van der Waals surface area contributed by atoms with Gasteiger partial charge in [-0.15, -0.1) is 0 Å². The summed E-state index contributed by atoms with van der Waals surface area (Å²) in [6, 6.07) is 10.4. The molecule has 2 aromatic carbocycles. The van der Waals surface area contributed by atoms with E-state index in [2.05, 4.69) is 20.6 Å². The fourth-order valence-electron chi connectivity index (χ4n) is 5.34. The van der Waals surface area contributed by atoms with Crippen LogP contribution in [0.4, 0.5) is 15.8 Å². The van der Waals surface area contributed by atoms with E-state index in [1.807, 2.05) is 4.90 Å². The quantitative estimate of drug-likeness (QED) is 0.417. The summed E-state index contributed by atoms with van der Waals surface area (Å²) >= 11 is 6.49. The zero-order valence-electron chi connectivity index (χ0n) is 20.3. The predicted molar refractivity (Wildman–Crippen MR) is 143 cm³/mol. The fraction of sp³-hybridized carbons (Fsp3) is 0.286. The Labute approximate surface area is 219 Å². The molecule has 3 atom stereocenters. The number of rotatable bonds is 6. The van der Waals surface area contributed by atoms with Gasteiger partial charge in [0, 0.05) is 60.5 Å². The first kappa shape index (κ1) is 24.9. The highest BCUT2D eigenvalue weighted by Crippen LogP contribution is 2.38. The number of carbonyl (C=O) groups is 2. The van der Waals surface area contributed by atoms with Crippen molar-refractivity contribution in [3.05, 3.63) is 77.5 Å². The van der Waals surface area contributed by atoms with Crippen molar-refractivity contribution < 1.29 is 14.0 Å². The Morgan fingerprint density at radius 3 is 2.49 bits per heavy atom. The van der Waals surface area contributed by atoms with Crippen molar-refractivity contribution >= 4 is 40.9 Å². The molecular formula is C28H27ClFN5O2. The van der Waals surface area contributed by atoms with E-state index in [9.17, 15) is 14.0 Å². The minimum atomic E-state index is -0.260. The van der Waals surface area contributed by atoms with Gasteiger partial charge in [0.05, 0.1) is 16.9 Å². The summed E-state index contributed by atoms with van der Waals surface area (Å²) < 4.78 is 13.2. The number of hydrogen-bond donors (Lipinski definition) is 2. The van der Waals surface area contributed by atoms with E-state index >= 15 is 0 Å². The Hall–Kier alpha value is -3.78. The molecule has 2 fully saturated rings. The van der Waals surface area contributed by atoms with Gasteiger partial charge in [0.25, 0.3) is 0 Å². The van der Waals surface area contributed by atoms with Crippen molar-refractivity contribution in [3.63, 3.8) is 0 Å². The molecule has 1 aromatic heterocycles. The number of aromatic nitrogens is 2. The molecule has 2 N–H and O–H groups in total. The first-order valence-electron chi connectivity index (χ1n) is 12.3. The summed E-state index contributed by atoms with van der Waals surface area (Å²) in [6.07, 6.45) is 11.6. The van der Waals surface area contributed by atoms with Crippen molar-refractivity contribution in [2.75, 3.05) is 10.6 Å². The standard InChI is InChI=1S/C28H27ClFN5O2/c1-17(36)33-26-15-25(29)24(27-16-31-10-11-32-27)12-18(26)2-9-28(37)35-22-7-8-23(35)14-21(13-22)34-20-5-3-19(30)4-6-20/h2-6,9-12,15-16,21-23,34H,7-8,13-14H2,1H3,(H,33,36)/b9-2+/t21-,22-,23+. The molecule has 0 radical (unpaired) electrons. The third-order valence-electron chi connectivity index (χ3n) is 6.90. The van der Waals surface area contributed by atoms with Gasteiger partial charge in [-0.05, 0) is 73.7 Å². The van der Waals surface area contributed by atoms with E-state index < -0.39 is 0 Å². The smallest absolute Gasteiger partial charge is 0.247 e. The van der Waals surface area contributed by atoms with Crippen LogP contribution in [0.1, 0.15) is 38.2 Å². The van der Waals surface area contributed by atoms with Crippen molar-refractivity contribution in [3.8, 4) is 11.3 Å². The number of nitrogens with zero attached hydrogens (tertiary/aromatic N) is 3. The molecule has 2 aliphatic heterocycles. The molecule has 0 spiro atoms. The SMILES string of the molecule is CC(=O)Nc1cc(Cl)c(-c2cnccn2)cc1/C=C/C(=O)N1[C@@H]2CC[C@H]1C[C@H](Nc1ccc(F)cc1)C2. The number of carbonyl (C=O) groups excluding carboxylic acids is 2. The van der Waals surface area contributed by atoms with E-state index in [1.165, 1.54) is 19.1 Å². The third-order valence-corrected chi connectivity index (χ3v) is 7.21. The van der Waals surface area contributed by atoms with Crippen LogP contribution in [0.3, 0.4) is 0 Å². The topological polar surface area (TPSA) is 87.2 Å². The van der Waals surface area contributed by atoms with Crippen LogP contribution >= 0.6 is 11.6 Å². The maximum absolute atomic E-state index is 13.3. The van der Waals surface area contributed by atoms with Crippen LogP contribution in [-0.2, 0) is 9.59 Å². The summed E-state index contributed by atoms with van der Waals surface area (Å²) in [4.78, 5) is 35.5. The largest absolute Gasteiger partial charge is 0.382 e. The van der Waals surface area contributed by atoms with E-state index in [4.69, 9.17) is 11.6 Å². The molecule has 2 amide bonds. The van der Waals surface area contributed by atoms with Gasteiger partial charge in [0.15, 0.2) is 0 Å². The second-order valence-electron chi connectivity index (χ2n) is 9.47. The van der Waals surface area contributed by atoms with Crippen LogP contribution in [0.25, 0.3) is 17.3 Å². The second kappa shape index (κ2) is 10.7. The van der Waals surface area contributed by atoms with Gasteiger partial charge in [0.1, 0.15) is 5.82 Å². The Morgan fingerprint density at radius 1 is 1.11 bits per heavy atom. The van der Waals surface area contributed by atoms with Crippen LogP contribution in [0.15, 0.2) is 61.1 Å². The number of halogens is 2. The van der Waals surface area contributed by atoms with Crippen LogP contribution in [-0.4, -0.2) is 44.8 Å². The normalized spacial score (nSPS) is 20.7. The molecule has 0 saturated carbocycles. The van der Waals surface area contributed by atoms with E-state index in [0.717, 1.165) is 31.4 Å². The minimum Gasteiger partial charge on any atom is -0.382 e. The second-order valence-corrected chi connectivity index (χ2v) is 9.88. The van der Waals surface area contributed by atoms with Gasteiger partial charge in [-0.1, -0.05) is 11.6 Å². The van der Waals surface area contributed by atoms with Crippen molar-refractivity contribution in [1.29, 1.82) is 0 Å². The number of nitrogens with one attached hydrogen (secondary N) is 2. The van der Waals surface area contributed by atoms with Gasteiger partial charge in [0.2, 0.25) is 11.8 Å². The molecule has 2 aliphatic rings. The number of anilines is 2. The van der Waals surface area contributed by atoms with Crippen molar-refractivity contribution in [2.24, 2.45) is 0 Å². The molecule has 5 rings (SSSR count). The number of hydrogen-bond acceptors (Lipinski definition) is 5. The number of amides is 2. The van der Waals surface area contributed by atoms with Crippen LogP contribution in [0.2, 0.25) is 5.02 Å². The van der Waals surface area contributed by atoms with Crippen molar-refractivity contribution in [1.82, 2.24) is 14.9 Å². The van der Waals surface area contributed by atoms with Gasteiger partial charge >= 0.3 is 0 Å². The van der Waals surface area contributed by atoms with E-state index in [1.54, 1.807) is 55.0 Å². The lowest BCUT2D eigenvalue weighted by Gasteiger charge is -2.39. The highest BCUT2D eigenvalue weighted by atomic mass is 35.5. The molecule has 3 aromatic rings. The average molecular weight is 520 g/mol. The molecule has 3 heterocycles. The molecule has 9 heteroatoms. The summed E-state index contributed by atoms with van der Waals surface area (Å²) in [7, 11) is 0. The Morgan fingerprint density at radius 2 is 1.84 bits per heavy atom. The molecular weight excluding hydrogens is 493 g/mol. The first-order chi connectivity index (χ1) is 17.9. The summed E-state index contributed by atoms with van der Waals surface area (Å²) in [6.45, 7) is 1.42. The number of fused-ring (bicyclic) bond motifs is 2. The lowest BCUT2D eigenvalue weighted by molar-refractivity contribution is -0.130. The molecule has 2 bridgehead atoms. The average Bonchev–Trinajstić information content (AvgIpc) is 3.15. The Balaban J connectivity index is 1.34. The molecule has 0 unspecified atom stereocenters. The minimum absolute atomic E-state index is 0.0579. The van der Waals surface area contributed by atoms with Gasteiger partial charge in [-0.2, -0.15) is 0 Å². The summed E-state index contributed by atoms with van der Waals surface area (Å²) in [5.74, 6) is -0.556. The molecule has 7 nitrogen and oxygen atoms in total. The zero-order chi connectivity index (χ0) is 25.9. The summed E-state index contributed by atoms with van der Waals surface area (Å²) in [5.41, 5.74) is 3.30. The zero-order valence-corrected chi connectivity index (χ0v) is 21.1. The number of benzene rings is 2. The molecule has 190 valence electrons. The third kappa shape index (κ3) is 5.64. The molecule has 37 heavy (non-hydrogen) atoms. The maximum atomic E-state index is 13.3. The van der Waals surface area contributed by atoms with Gasteiger partial charge in [-0.3, -0.25) is 19.6 Å². The van der Waals surface area contributed by atoms with Gasteiger partial charge in [-0.25, -0.2) is 4.39 Å². The van der Waals surface area contributed by atoms with Crippen LogP contribution in [0.5, 0.6) is 0 Å². The van der Waals surface area contributed by atoms with E-state index in [0.29, 0.717) is 27.5 Å². The van der Waals surface area contributed by atoms with Crippen molar-refractivity contribution in [2.45, 2.75) is 50.7 Å². The highest BCUT2D eigenvalue weighted by molar-refractivity contribution is 6.33. The first-order valence-corrected chi connectivity index (χ1v) is 12.6. The van der Waals surface area contributed by atoms with Gasteiger partial charge < -0.3 is 15.5 Å². The lowest BCUT2D eigenvalue weighted by atomic mass is 9.96. The van der Waals surface area contributed by atoms with Crippen LogP contribution < -0.4 is 10.6 Å². The molecule has 2 saturated heterocycles.